The fraction of sp³-hybridized carbons (Fsp3) is 0.316. The SMILES string of the molecule is CC1CCN(C(=O)Nc2cnccn2)CC1c1ncc2cnc3[nH]ccc3n12. The highest BCUT2D eigenvalue weighted by Gasteiger charge is 2.33. The van der Waals surface area contributed by atoms with Gasteiger partial charge in [-0.1, -0.05) is 6.92 Å². The minimum Gasteiger partial charge on any atom is -0.345 e. The van der Waals surface area contributed by atoms with Crippen molar-refractivity contribution in [2.45, 2.75) is 19.3 Å². The second-order valence-corrected chi connectivity index (χ2v) is 7.19. The number of nitrogens with zero attached hydrogens (tertiary/aromatic N) is 6. The summed E-state index contributed by atoms with van der Waals surface area (Å²) in [7, 11) is 0. The van der Waals surface area contributed by atoms with E-state index >= 15 is 0 Å². The van der Waals surface area contributed by atoms with Gasteiger partial charge in [0.1, 0.15) is 5.82 Å². The maximum Gasteiger partial charge on any atom is 0.323 e. The van der Waals surface area contributed by atoms with Gasteiger partial charge in [-0.2, -0.15) is 0 Å². The number of amides is 2. The van der Waals surface area contributed by atoms with Crippen LogP contribution >= 0.6 is 0 Å². The van der Waals surface area contributed by atoms with E-state index in [1.54, 1.807) is 18.6 Å². The van der Waals surface area contributed by atoms with Gasteiger partial charge in [-0.05, 0) is 18.4 Å². The number of carbonyl (C=O) groups is 1. The number of piperidine rings is 1. The molecule has 28 heavy (non-hydrogen) atoms. The van der Waals surface area contributed by atoms with Gasteiger partial charge in [0.15, 0.2) is 11.5 Å². The first kappa shape index (κ1) is 16.7. The average Bonchev–Trinajstić information content (AvgIpc) is 3.35. The Balaban J connectivity index is 1.45. The molecule has 142 valence electrons. The number of aromatic amines is 1. The summed E-state index contributed by atoms with van der Waals surface area (Å²) in [5, 5.41) is 2.83. The second-order valence-electron chi connectivity index (χ2n) is 7.19. The number of rotatable bonds is 2. The van der Waals surface area contributed by atoms with E-state index in [9.17, 15) is 4.79 Å². The fourth-order valence-electron chi connectivity index (χ4n) is 3.90. The van der Waals surface area contributed by atoms with Crippen LogP contribution in [-0.4, -0.2) is 53.3 Å². The topological polar surface area (TPSA) is 104 Å². The number of carbonyl (C=O) groups excluding carboxylic acids is 1. The number of fused-ring (bicyclic) bond motifs is 3. The molecule has 4 aromatic rings. The summed E-state index contributed by atoms with van der Waals surface area (Å²) < 4.78 is 2.14. The Morgan fingerprint density at radius 1 is 1.21 bits per heavy atom. The lowest BCUT2D eigenvalue weighted by Gasteiger charge is -2.36. The van der Waals surface area contributed by atoms with E-state index in [0.717, 1.165) is 28.9 Å². The summed E-state index contributed by atoms with van der Waals surface area (Å²) in [6, 6.07) is 1.85. The molecule has 5 heterocycles. The molecule has 0 spiro atoms. The summed E-state index contributed by atoms with van der Waals surface area (Å²) in [5.74, 6) is 1.96. The zero-order chi connectivity index (χ0) is 19.1. The second kappa shape index (κ2) is 6.59. The average molecular weight is 376 g/mol. The highest BCUT2D eigenvalue weighted by atomic mass is 16.2. The van der Waals surface area contributed by atoms with Crippen LogP contribution in [0.1, 0.15) is 25.1 Å². The van der Waals surface area contributed by atoms with E-state index in [2.05, 4.69) is 36.6 Å². The van der Waals surface area contributed by atoms with Crippen LogP contribution in [0.5, 0.6) is 0 Å². The molecule has 0 radical (unpaired) electrons. The number of urea groups is 1. The Morgan fingerprint density at radius 2 is 2.11 bits per heavy atom. The number of hydrogen-bond donors (Lipinski definition) is 2. The molecule has 0 aliphatic carbocycles. The third kappa shape index (κ3) is 2.75. The van der Waals surface area contributed by atoms with Gasteiger partial charge in [-0.25, -0.2) is 19.7 Å². The molecule has 0 aromatic carbocycles. The summed E-state index contributed by atoms with van der Waals surface area (Å²) in [6.45, 7) is 3.52. The Kier molecular flexibility index (Phi) is 3.92. The number of aromatic nitrogens is 6. The zero-order valence-electron chi connectivity index (χ0n) is 15.4. The molecule has 1 aliphatic heterocycles. The molecule has 2 amide bonds. The van der Waals surface area contributed by atoms with Crippen molar-refractivity contribution >= 4 is 28.5 Å². The molecule has 1 saturated heterocycles. The van der Waals surface area contributed by atoms with Crippen LogP contribution < -0.4 is 5.32 Å². The van der Waals surface area contributed by atoms with E-state index in [4.69, 9.17) is 4.98 Å². The number of hydrogen-bond acceptors (Lipinski definition) is 5. The van der Waals surface area contributed by atoms with Crippen molar-refractivity contribution in [1.29, 1.82) is 0 Å². The summed E-state index contributed by atoms with van der Waals surface area (Å²) in [4.78, 5) is 35.0. The van der Waals surface area contributed by atoms with Crippen LogP contribution in [-0.2, 0) is 0 Å². The van der Waals surface area contributed by atoms with Crippen LogP contribution in [0.3, 0.4) is 0 Å². The van der Waals surface area contributed by atoms with Gasteiger partial charge in [0.25, 0.3) is 0 Å². The molecule has 2 N–H and O–H groups in total. The monoisotopic (exact) mass is 376 g/mol. The van der Waals surface area contributed by atoms with E-state index in [1.165, 1.54) is 0 Å². The first-order valence-corrected chi connectivity index (χ1v) is 9.32. The molecule has 1 fully saturated rings. The third-order valence-corrected chi connectivity index (χ3v) is 5.46. The van der Waals surface area contributed by atoms with Gasteiger partial charge in [0, 0.05) is 37.6 Å². The molecule has 1 aliphatic rings. The molecular formula is C19H20N8O. The van der Waals surface area contributed by atoms with E-state index in [0.29, 0.717) is 24.8 Å². The van der Waals surface area contributed by atoms with Crippen molar-refractivity contribution in [2.75, 3.05) is 18.4 Å². The van der Waals surface area contributed by atoms with Crippen molar-refractivity contribution < 1.29 is 4.79 Å². The Morgan fingerprint density at radius 3 is 2.96 bits per heavy atom. The minimum absolute atomic E-state index is 0.129. The largest absolute Gasteiger partial charge is 0.345 e. The molecule has 0 bridgehead atoms. The Labute approximate surface area is 160 Å². The molecule has 4 aromatic heterocycles. The van der Waals surface area contributed by atoms with Gasteiger partial charge < -0.3 is 9.88 Å². The van der Waals surface area contributed by atoms with Gasteiger partial charge in [0.2, 0.25) is 0 Å². The van der Waals surface area contributed by atoms with Crippen LogP contribution in [0.25, 0.3) is 16.7 Å². The van der Waals surface area contributed by atoms with Crippen molar-refractivity contribution in [3.8, 4) is 0 Å². The lowest BCUT2D eigenvalue weighted by atomic mass is 9.86. The number of imidazole rings is 1. The molecule has 5 rings (SSSR count). The van der Waals surface area contributed by atoms with Crippen LogP contribution in [0.15, 0.2) is 43.2 Å². The standard InChI is InChI=1S/C19H20N8O/c1-12-3-7-26(19(28)25-16-10-20-5-6-21-16)11-14(12)18-24-9-13-8-23-17-15(27(13)18)2-4-22-17/h2,4-6,8-10,12,14,22H,3,7,11H2,1H3,(H,21,25,28). The van der Waals surface area contributed by atoms with Gasteiger partial charge in [0.05, 0.1) is 29.6 Å². The van der Waals surface area contributed by atoms with Gasteiger partial charge in [-0.3, -0.25) is 14.7 Å². The van der Waals surface area contributed by atoms with E-state index in [-0.39, 0.29) is 11.9 Å². The molecule has 2 atom stereocenters. The summed E-state index contributed by atoms with van der Waals surface area (Å²) >= 11 is 0. The smallest absolute Gasteiger partial charge is 0.323 e. The normalized spacial score (nSPS) is 20.0. The quantitative estimate of drug-likeness (QED) is 0.560. The summed E-state index contributed by atoms with van der Waals surface area (Å²) in [5.41, 5.74) is 2.78. The lowest BCUT2D eigenvalue weighted by molar-refractivity contribution is 0.170. The number of nitrogens with one attached hydrogen (secondary N) is 2. The lowest BCUT2D eigenvalue weighted by Crippen LogP contribution is -2.44. The van der Waals surface area contributed by atoms with Gasteiger partial charge >= 0.3 is 6.03 Å². The Bertz CT molecular complexity index is 1130. The highest BCUT2D eigenvalue weighted by molar-refractivity contribution is 5.88. The van der Waals surface area contributed by atoms with Crippen molar-refractivity contribution in [3.05, 3.63) is 49.1 Å². The van der Waals surface area contributed by atoms with Crippen LogP contribution in [0, 0.1) is 5.92 Å². The third-order valence-electron chi connectivity index (χ3n) is 5.46. The summed E-state index contributed by atoms with van der Waals surface area (Å²) in [6.07, 6.45) is 11.1. The maximum atomic E-state index is 12.7. The molecule has 0 saturated carbocycles. The zero-order valence-corrected chi connectivity index (χ0v) is 15.4. The molecule has 9 heteroatoms. The highest BCUT2D eigenvalue weighted by Crippen LogP contribution is 2.33. The first-order chi connectivity index (χ1) is 13.7. The van der Waals surface area contributed by atoms with Crippen molar-refractivity contribution in [1.82, 2.24) is 34.2 Å². The van der Waals surface area contributed by atoms with E-state index < -0.39 is 0 Å². The maximum absolute atomic E-state index is 12.7. The van der Waals surface area contributed by atoms with Crippen molar-refractivity contribution in [2.24, 2.45) is 5.92 Å². The van der Waals surface area contributed by atoms with Crippen LogP contribution in [0.4, 0.5) is 10.6 Å². The molecular weight excluding hydrogens is 356 g/mol. The minimum atomic E-state index is -0.160. The van der Waals surface area contributed by atoms with Crippen LogP contribution in [0.2, 0.25) is 0 Å². The number of likely N-dealkylation sites (tertiary alicyclic amines) is 1. The Hall–Kier alpha value is -3.49. The number of H-pyrrole nitrogens is 1. The van der Waals surface area contributed by atoms with E-state index in [1.807, 2.05) is 29.6 Å². The predicted octanol–water partition coefficient (Wildman–Crippen LogP) is 2.66. The predicted molar refractivity (Wildman–Crippen MR) is 104 cm³/mol. The fourth-order valence-corrected chi connectivity index (χ4v) is 3.90. The first-order valence-electron chi connectivity index (χ1n) is 9.32. The van der Waals surface area contributed by atoms with Crippen molar-refractivity contribution in [3.63, 3.8) is 0 Å². The molecule has 2 unspecified atom stereocenters. The molecule has 9 nitrogen and oxygen atoms in total. The number of anilines is 1. The van der Waals surface area contributed by atoms with Gasteiger partial charge in [-0.15, -0.1) is 0 Å².